The zero-order valence-electron chi connectivity index (χ0n) is 7.71. The molecule has 1 nitrogen and oxygen atoms in total. The van der Waals surface area contributed by atoms with Crippen LogP contribution in [0.15, 0.2) is 12.2 Å². The Morgan fingerprint density at radius 3 is 2.18 bits per heavy atom. The molecule has 11 heavy (non-hydrogen) atoms. The molecular formula is C10H19N. The number of nitrogens with zero attached hydrogens (tertiary/aromatic N) is 1. The quantitative estimate of drug-likeness (QED) is 0.483. The van der Waals surface area contributed by atoms with Crippen molar-refractivity contribution < 1.29 is 0 Å². The molecule has 1 atom stereocenters. The zero-order chi connectivity index (χ0) is 8.10. The van der Waals surface area contributed by atoms with Crippen molar-refractivity contribution in [2.45, 2.75) is 38.6 Å². The first-order valence-corrected chi connectivity index (χ1v) is 4.66. The maximum Gasteiger partial charge on any atom is 0.00638 e. The van der Waals surface area contributed by atoms with Crippen LogP contribution >= 0.6 is 0 Å². The summed E-state index contributed by atoms with van der Waals surface area (Å²) in [5.41, 5.74) is 0. The average molecular weight is 153 g/mol. The molecule has 0 bridgehead atoms. The topological polar surface area (TPSA) is 3.24 Å². The molecule has 0 N–H and O–H groups in total. The second-order valence-electron chi connectivity index (χ2n) is 3.53. The van der Waals surface area contributed by atoms with Crippen LogP contribution in [0, 0.1) is 0 Å². The molecular weight excluding hydrogens is 134 g/mol. The molecule has 0 amide bonds. The largest absolute Gasteiger partial charge is 0.304 e. The van der Waals surface area contributed by atoms with E-state index in [-0.39, 0.29) is 0 Å². The first-order valence-electron chi connectivity index (χ1n) is 4.66. The molecule has 2 rings (SSSR count). The van der Waals surface area contributed by atoms with Crippen LogP contribution < -0.4 is 0 Å². The molecule has 64 valence electrons. The summed E-state index contributed by atoms with van der Waals surface area (Å²) in [5, 5.41) is 0. The average Bonchev–Trinajstić information content (AvgIpc) is 2.80. The zero-order valence-corrected chi connectivity index (χ0v) is 7.71. The number of piperidine rings is 1. The van der Waals surface area contributed by atoms with Gasteiger partial charge in [0.25, 0.3) is 0 Å². The van der Waals surface area contributed by atoms with E-state index >= 15 is 0 Å². The lowest BCUT2D eigenvalue weighted by molar-refractivity contribution is 0.200. The van der Waals surface area contributed by atoms with Gasteiger partial charge in [-0.1, -0.05) is 18.6 Å². The molecule has 0 radical (unpaired) electrons. The van der Waals surface area contributed by atoms with E-state index in [1.165, 1.54) is 32.2 Å². The van der Waals surface area contributed by atoms with E-state index in [2.05, 4.69) is 31.0 Å². The Bertz CT molecular complexity index is 115. The Morgan fingerprint density at radius 2 is 1.91 bits per heavy atom. The van der Waals surface area contributed by atoms with Crippen LogP contribution in [0.25, 0.3) is 0 Å². The van der Waals surface area contributed by atoms with E-state index in [1.807, 2.05) is 0 Å². The smallest absolute Gasteiger partial charge is 0.00638 e. The normalized spacial score (nSPS) is 29.1. The molecule has 1 aliphatic carbocycles. The van der Waals surface area contributed by atoms with E-state index in [9.17, 15) is 0 Å². The molecule has 1 unspecified atom stereocenters. The van der Waals surface area contributed by atoms with Crippen molar-refractivity contribution in [1.29, 1.82) is 0 Å². The van der Waals surface area contributed by atoms with Gasteiger partial charge in [-0.05, 0) is 39.8 Å². The second-order valence-corrected chi connectivity index (χ2v) is 3.53. The van der Waals surface area contributed by atoms with Crippen molar-refractivity contribution in [3.63, 3.8) is 0 Å². The van der Waals surface area contributed by atoms with Crippen LogP contribution in [-0.2, 0) is 0 Å². The molecule has 1 aliphatic heterocycles. The Balaban J connectivity index is 0.000000167. The molecule has 1 heterocycles. The summed E-state index contributed by atoms with van der Waals surface area (Å²) in [6.07, 6.45) is 9.74. The van der Waals surface area contributed by atoms with Gasteiger partial charge in [-0.15, -0.1) is 0 Å². The van der Waals surface area contributed by atoms with Gasteiger partial charge in [0.1, 0.15) is 0 Å². The minimum atomic E-state index is 0.837. The lowest BCUT2D eigenvalue weighted by atomic mass is 10.1. The van der Waals surface area contributed by atoms with Crippen LogP contribution in [0.5, 0.6) is 0 Å². The summed E-state index contributed by atoms with van der Waals surface area (Å²) in [5.74, 6) is 0. The Kier molecular flexibility index (Phi) is 3.64. The third kappa shape index (κ3) is 4.20. The first kappa shape index (κ1) is 8.79. The molecule has 0 spiro atoms. The third-order valence-corrected chi connectivity index (χ3v) is 2.37. The summed E-state index contributed by atoms with van der Waals surface area (Å²) in [6, 6.07) is 0.837. The number of likely N-dealkylation sites (tertiary alicyclic amines) is 1. The summed E-state index contributed by atoms with van der Waals surface area (Å²) >= 11 is 0. The summed E-state index contributed by atoms with van der Waals surface area (Å²) < 4.78 is 0. The summed E-state index contributed by atoms with van der Waals surface area (Å²) in [4.78, 5) is 2.43. The predicted molar refractivity (Wildman–Crippen MR) is 49.7 cm³/mol. The van der Waals surface area contributed by atoms with Crippen LogP contribution in [0.1, 0.15) is 32.6 Å². The Labute approximate surface area is 70.1 Å². The van der Waals surface area contributed by atoms with Gasteiger partial charge in [0, 0.05) is 6.04 Å². The van der Waals surface area contributed by atoms with Crippen LogP contribution in [0.4, 0.5) is 0 Å². The van der Waals surface area contributed by atoms with Crippen LogP contribution in [-0.4, -0.2) is 24.5 Å². The van der Waals surface area contributed by atoms with Gasteiger partial charge in [-0.25, -0.2) is 0 Å². The number of hydrogen-bond acceptors (Lipinski definition) is 1. The minimum Gasteiger partial charge on any atom is -0.304 e. The highest BCUT2D eigenvalue weighted by molar-refractivity contribution is 5.02. The van der Waals surface area contributed by atoms with E-state index in [0.29, 0.717) is 0 Å². The molecule has 0 aromatic heterocycles. The van der Waals surface area contributed by atoms with Gasteiger partial charge in [-0.2, -0.15) is 0 Å². The van der Waals surface area contributed by atoms with Gasteiger partial charge in [0.05, 0.1) is 0 Å². The van der Waals surface area contributed by atoms with Crippen molar-refractivity contribution in [1.82, 2.24) is 4.90 Å². The Morgan fingerprint density at radius 1 is 1.27 bits per heavy atom. The fraction of sp³-hybridized carbons (Fsp3) is 0.800. The molecule has 0 saturated carbocycles. The lowest BCUT2D eigenvalue weighted by Crippen LogP contribution is -2.33. The van der Waals surface area contributed by atoms with Crippen molar-refractivity contribution in [2.75, 3.05) is 13.6 Å². The number of rotatable bonds is 0. The highest BCUT2D eigenvalue weighted by atomic mass is 15.1. The van der Waals surface area contributed by atoms with Gasteiger partial charge in [0.15, 0.2) is 0 Å². The van der Waals surface area contributed by atoms with Crippen LogP contribution in [0.2, 0.25) is 0 Å². The van der Waals surface area contributed by atoms with Gasteiger partial charge >= 0.3 is 0 Å². The SMILES string of the molecule is C1=CC1.CC1CCCCN1C. The highest BCUT2D eigenvalue weighted by Crippen LogP contribution is 2.13. The third-order valence-electron chi connectivity index (χ3n) is 2.37. The monoisotopic (exact) mass is 153 g/mol. The molecule has 0 aromatic carbocycles. The van der Waals surface area contributed by atoms with Crippen molar-refractivity contribution in [2.24, 2.45) is 0 Å². The van der Waals surface area contributed by atoms with Crippen molar-refractivity contribution in [3.05, 3.63) is 12.2 Å². The van der Waals surface area contributed by atoms with Crippen molar-refractivity contribution in [3.8, 4) is 0 Å². The molecule has 1 heteroatoms. The standard InChI is InChI=1S/C7H15N.C3H4/c1-7-5-3-4-6-8(7)2;1-2-3-1/h7H,3-6H2,1-2H3;1-2H,3H2. The van der Waals surface area contributed by atoms with E-state index in [4.69, 9.17) is 0 Å². The van der Waals surface area contributed by atoms with Gasteiger partial charge in [0.2, 0.25) is 0 Å². The summed E-state index contributed by atoms with van der Waals surface area (Å²) in [7, 11) is 2.21. The van der Waals surface area contributed by atoms with Gasteiger partial charge in [-0.3, -0.25) is 0 Å². The Hall–Kier alpha value is -0.300. The highest BCUT2D eigenvalue weighted by Gasteiger charge is 2.12. The second kappa shape index (κ2) is 4.55. The van der Waals surface area contributed by atoms with E-state index < -0.39 is 0 Å². The first-order chi connectivity index (χ1) is 5.30. The maximum absolute atomic E-state index is 2.43. The van der Waals surface area contributed by atoms with E-state index in [1.54, 1.807) is 0 Å². The molecule has 1 saturated heterocycles. The molecule has 2 aliphatic rings. The maximum atomic E-state index is 2.43. The summed E-state index contributed by atoms with van der Waals surface area (Å²) in [6.45, 7) is 3.61. The fourth-order valence-electron chi connectivity index (χ4n) is 1.24. The van der Waals surface area contributed by atoms with Crippen LogP contribution in [0.3, 0.4) is 0 Å². The van der Waals surface area contributed by atoms with Crippen molar-refractivity contribution >= 4 is 0 Å². The van der Waals surface area contributed by atoms with E-state index in [0.717, 1.165) is 6.04 Å². The minimum absolute atomic E-state index is 0.837. The molecule has 0 aromatic rings. The lowest BCUT2D eigenvalue weighted by Gasteiger charge is -2.29. The predicted octanol–water partition coefficient (Wildman–Crippen LogP) is 2.44. The molecule has 1 fully saturated rings. The fourth-order valence-corrected chi connectivity index (χ4v) is 1.24. The van der Waals surface area contributed by atoms with Gasteiger partial charge < -0.3 is 4.90 Å². The number of allylic oxidation sites excluding steroid dienone is 2. The number of hydrogen-bond donors (Lipinski definition) is 0.